The summed E-state index contributed by atoms with van der Waals surface area (Å²) in [5, 5.41) is 0. The summed E-state index contributed by atoms with van der Waals surface area (Å²) in [6.07, 6.45) is 1.67. The van der Waals surface area contributed by atoms with E-state index in [0.29, 0.717) is 5.69 Å². The number of morpholine rings is 1. The molecule has 2 heterocycles. The van der Waals surface area contributed by atoms with Gasteiger partial charge in [0.05, 0.1) is 25.1 Å². The molecular formula is C10H13N3O2. The van der Waals surface area contributed by atoms with Crippen LogP contribution < -0.4 is 10.6 Å². The first kappa shape index (κ1) is 9.92. The van der Waals surface area contributed by atoms with E-state index in [-0.39, 0.29) is 0 Å². The number of ether oxygens (including phenoxy) is 1. The van der Waals surface area contributed by atoms with Gasteiger partial charge in [0, 0.05) is 13.1 Å². The lowest BCUT2D eigenvalue weighted by Crippen LogP contribution is -2.36. The van der Waals surface area contributed by atoms with Gasteiger partial charge in [0.1, 0.15) is 5.69 Å². The summed E-state index contributed by atoms with van der Waals surface area (Å²) < 4.78 is 5.25. The van der Waals surface area contributed by atoms with E-state index >= 15 is 0 Å². The molecule has 0 bridgehead atoms. The predicted octanol–water partition coefficient (Wildman–Crippen LogP) is 0.0171. The Balaban J connectivity index is 2.11. The Morgan fingerprint density at radius 1 is 1.40 bits per heavy atom. The number of carbonyl (C=O) groups excluding carboxylic acids is 1. The lowest BCUT2D eigenvalue weighted by atomic mass is 10.3. The minimum absolute atomic E-state index is 0.298. The second-order valence-corrected chi connectivity index (χ2v) is 3.37. The van der Waals surface area contributed by atoms with Crippen molar-refractivity contribution in [2.45, 2.75) is 0 Å². The third kappa shape index (κ3) is 2.24. The van der Waals surface area contributed by atoms with E-state index in [1.165, 1.54) is 0 Å². The molecule has 0 spiro atoms. The van der Waals surface area contributed by atoms with Crippen molar-refractivity contribution in [1.29, 1.82) is 0 Å². The quantitative estimate of drug-likeness (QED) is 0.742. The number of pyridine rings is 1. The van der Waals surface area contributed by atoms with Gasteiger partial charge < -0.3 is 15.4 Å². The number of hydrogen-bond donors (Lipinski definition) is 1. The van der Waals surface area contributed by atoms with Gasteiger partial charge >= 0.3 is 0 Å². The van der Waals surface area contributed by atoms with E-state index < -0.39 is 5.91 Å². The van der Waals surface area contributed by atoms with E-state index in [2.05, 4.69) is 9.88 Å². The van der Waals surface area contributed by atoms with Gasteiger partial charge in [0.25, 0.3) is 5.91 Å². The minimum Gasteiger partial charge on any atom is -0.378 e. The highest BCUT2D eigenvalue weighted by atomic mass is 16.5. The normalized spacial score (nSPS) is 16.4. The number of nitrogens with two attached hydrogens (primary N) is 1. The van der Waals surface area contributed by atoms with Gasteiger partial charge in [0.15, 0.2) is 0 Å². The summed E-state index contributed by atoms with van der Waals surface area (Å²) >= 11 is 0. The van der Waals surface area contributed by atoms with Crippen LogP contribution in [0.25, 0.3) is 0 Å². The average molecular weight is 207 g/mol. The SMILES string of the molecule is NC(=O)c1ccc(N2CCOCC2)cn1. The summed E-state index contributed by atoms with van der Waals surface area (Å²) in [4.78, 5) is 17.0. The molecule has 5 nitrogen and oxygen atoms in total. The van der Waals surface area contributed by atoms with Crippen LogP contribution in [0, 0.1) is 0 Å². The first-order chi connectivity index (χ1) is 7.27. The van der Waals surface area contributed by atoms with Crippen LogP contribution in [0.2, 0.25) is 0 Å². The number of hydrogen-bond acceptors (Lipinski definition) is 4. The Kier molecular flexibility index (Phi) is 2.82. The molecule has 5 heteroatoms. The van der Waals surface area contributed by atoms with Crippen LogP contribution in [0.1, 0.15) is 10.5 Å². The number of amides is 1. The standard InChI is InChI=1S/C10H13N3O2/c11-10(14)9-2-1-8(7-12-9)13-3-5-15-6-4-13/h1-2,7H,3-6H2,(H2,11,14). The number of anilines is 1. The maximum Gasteiger partial charge on any atom is 0.267 e. The topological polar surface area (TPSA) is 68.5 Å². The Hall–Kier alpha value is -1.62. The van der Waals surface area contributed by atoms with E-state index in [4.69, 9.17) is 10.5 Å². The van der Waals surface area contributed by atoms with Crippen LogP contribution in [-0.4, -0.2) is 37.2 Å². The molecule has 0 unspecified atom stereocenters. The molecule has 80 valence electrons. The van der Waals surface area contributed by atoms with Gasteiger partial charge in [-0.3, -0.25) is 4.79 Å². The summed E-state index contributed by atoms with van der Waals surface area (Å²) in [5.74, 6) is -0.497. The number of rotatable bonds is 2. The molecule has 15 heavy (non-hydrogen) atoms. The van der Waals surface area contributed by atoms with Gasteiger partial charge in [0.2, 0.25) is 0 Å². The predicted molar refractivity (Wildman–Crippen MR) is 55.8 cm³/mol. The van der Waals surface area contributed by atoms with E-state index in [9.17, 15) is 4.79 Å². The molecule has 1 aromatic rings. The van der Waals surface area contributed by atoms with Gasteiger partial charge in [-0.25, -0.2) is 4.98 Å². The molecule has 1 fully saturated rings. The molecule has 2 N–H and O–H groups in total. The zero-order chi connectivity index (χ0) is 10.7. The van der Waals surface area contributed by atoms with Crippen LogP contribution >= 0.6 is 0 Å². The summed E-state index contributed by atoms with van der Waals surface area (Å²) in [5.41, 5.74) is 6.41. The molecule has 1 aromatic heterocycles. The lowest BCUT2D eigenvalue weighted by molar-refractivity contribution is 0.0995. The van der Waals surface area contributed by atoms with Gasteiger partial charge in [-0.2, -0.15) is 0 Å². The van der Waals surface area contributed by atoms with E-state index in [0.717, 1.165) is 32.0 Å². The second-order valence-electron chi connectivity index (χ2n) is 3.37. The monoisotopic (exact) mass is 207 g/mol. The van der Waals surface area contributed by atoms with Crippen molar-refractivity contribution in [2.24, 2.45) is 5.73 Å². The summed E-state index contributed by atoms with van der Waals surface area (Å²) in [6, 6.07) is 3.51. The van der Waals surface area contributed by atoms with Crippen LogP contribution in [-0.2, 0) is 4.74 Å². The van der Waals surface area contributed by atoms with Gasteiger partial charge in [-0.05, 0) is 12.1 Å². The zero-order valence-corrected chi connectivity index (χ0v) is 8.35. The van der Waals surface area contributed by atoms with E-state index in [1.807, 2.05) is 6.07 Å². The molecule has 0 aromatic carbocycles. The molecule has 1 aliphatic rings. The van der Waals surface area contributed by atoms with Crippen molar-refractivity contribution < 1.29 is 9.53 Å². The van der Waals surface area contributed by atoms with Crippen LogP contribution in [0.3, 0.4) is 0 Å². The number of aromatic nitrogens is 1. The van der Waals surface area contributed by atoms with Crippen molar-refractivity contribution in [3.8, 4) is 0 Å². The second kappa shape index (κ2) is 4.27. The van der Waals surface area contributed by atoms with Crippen molar-refractivity contribution in [2.75, 3.05) is 31.2 Å². The first-order valence-corrected chi connectivity index (χ1v) is 4.86. The maximum atomic E-state index is 10.8. The van der Waals surface area contributed by atoms with Crippen LogP contribution in [0.5, 0.6) is 0 Å². The van der Waals surface area contributed by atoms with Crippen LogP contribution in [0.15, 0.2) is 18.3 Å². The molecule has 0 atom stereocenters. The van der Waals surface area contributed by atoms with Gasteiger partial charge in [-0.1, -0.05) is 0 Å². The highest BCUT2D eigenvalue weighted by Crippen LogP contribution is 2.14. The lowest BCUT2D eigenvalue weighted by Gasteiger charge is -2.28. The fourth-order valence-electron chi connectivity index (χ4n) is 1.54. The Bertz CT molecular complexity index is 344. The fraction of sp³-hybridized carbons (Fsp3) is 0.400. The van der Waals surface area contributed by atoms with Crippen molar-refractivity contribution in [3.05, 3.63) is 24.0 Å². The Morgan fingerprint density at radius 3 is 2.67 bits per heavy atom. The van der Waals surface area contributed by atoms with Gasteiger partial charge in [-0.15, -0.1) is 0 Å². The minimum atomic E-state index is -0.497. The summed E-state index contributed by atoms with van der Waals surface area (Å²) in [6.45, 7) is 3.18. The molecule has 2 rings (SSSR count). The Labute approximate surface area is 87.8 Å². The third-order valence-corrected chi connectivity index (χ3v) is 2.38. The molecule has 1 aliphatic heterocycles. The smallest absolute Gasteiger partial charge is 0.267 e. The van der Waals surface area contributed by atoms with Crippen molar-refractivity contribution >= 4 is 11.6 Å². The van der Waals surface area contributed by atoms with Crippen molar-refractivity contribution in [3.63, 3.8) is 0 Å². The Morgan fingerprint density at radius 2 is 2.13 bits per heavy atom. The van der Waals surface area contributed by atoms with Crippen molar-refractivity contribution in [1.82, 2.24) is 4.98 Å². The van der Waals surface area contributed by atoms with E-state index in [1.54, 1.807) is 12.3 Å². The molecule has 1 saturated heterocycles. The summed E-state index contributed by atoms with van der Waals surface area (Å²) in [7, 11) is 0. The maximum absolute atomic E-state index is 10.8. The molecule has 0 aliphatic carbocycles. The third-order valence-electron chi connectivity index (χ3n) is 2.38. The highest BCUT2D eigenvalue weighted by Gasteiger charge is 2.11. The first-order valence-electron chi connectivity index (χ1n) is 4.86. The van der Waals surface area contributed by atoms with Crippen LogP contribution in [0.4, 0.5) is 5.69 Å². The molecular weight excluding hydrogens is 194 g/mol. The molecule has 1 amide bonds. The average Bonchev–Trinajstić information content (AvgIpc) is 2.30. The highest BCUT2D eigenvalue weighted by molar-refractivity contribution is 5.90. The molecule has 0 saturated carbocycles. The number of nitrogens with zero attached hydrogens (tertiary/aromatic N) is 2. The number of primary amides is 1. The molecule has 0 radical (unpaired) electrons. The fourth-order valence-corrected chi connectivity index (χ4v) is 1.54. The number of carbonyl (C=O) groups is 1. The largest absolute Gasteiger partial charge is 0.378 e. The zero-order valence-electron chi connectivity index (χ0n) is 8.35.